The van der Waals surface area contributed by atoms with E-state index in [-0.39, 0.29) is 0 Å². The number of para-hydroxylation sites is 3. The van der Waals surface area contributed by atoms with Crippen molar-refractivity contribution in [3.63, 3.8) is 0 Å². The van der Waals surface area contributed by atoms with Crippen molar-refractivity contribution in [3.05, 3.63) is 242 Å². The number of fused-ring (bicyclic) bond motifs is 6. The van der Waals surface area contributed by atoms with Gasteiger partial charge >= 0.3 is 0 Å². The van der Waals surface area contributed by atoms with Crippen molar-refractivity contribution < 1.29 is 0 Å². The van der Waals surface area contributed by atoms with Crippen molar-refractivity contribution >= 4 is 83.4 Å². The highest BCUT2D eigenvalue weighted by Crippen LogP contribution is 2.43. The lowest BCUT2D eigenvalue weighted by Crippen LogP contribution is -2.10. The molecule has 0 aliphatic heterocycles. The third-order valence-corrected chi connectivity index (χ3v) is 13.4. The number of hydrogen-bond donors (Lipinski definition) is 0. The highest BCUT2D eigenvalue weighted by Gasteiger charge is 2.21. The molecule has 12 rings (SSSR count). The summed E-state index contributed by atoms with van der Waals surface area (Å²) in [6.07, 6.45) is 7.94. The molecular formula is C63H44N6. The lowest BCUT2D eigenvalue weighted by Gasteiger charge is -2.26. The molecule has 6 nitrogen and oxygen atoms in total. The maximum atomic E-state index is 9.69. The summed E-state index contributed by atoms with van der Waals surface area (Å²) in [6, 6.07) is 78.8. The van der Waals surface area contributed by atoms with E-state index in [0.717, 1.165) is 79.3 Å². The van der Waals surface area contributed by atoms with Crippen LogP contribution in [0.3, 0.4) is 0 Å². The van der Waals surface area contributed by atoms with E-state index >= 15 is 0 Å². The maximum Gasteiger partial charge on any atom is 0.0991 e. The van der Waals surface area contributed by atoms with Crippen molar-refractivity contribution in [3.8, 4) is 29.0 Å². The van der Waals surface area contributed by atoms with E-state index in [1.54, 1.807) is 0 Å². The van der Waals surface area contributed by atoms with Crippen molar-refractivity contribution in [1.29, 1.82) is 10.5 Å². The van der Waals surface area contributed by atoms with Gasteiger partial charge in [-0.1, -0.05) is 97.9 Å². The molecule has 11 aromatic rings. The molecule has 0 saturated carbocycles. The molecule has 9 aromatic carbocycles. The maximum absolute atomic E-state index is 9.69. The van der Waals surface area contributed by atoms with E-state index < -0.39 is 0 Å². The smallest absolute Gasteiger partial charge is 0.0991 e. The fourth-order valence-corrected chi connectivity index (χ4v) is 10.2. The summed E-state index contributed by atoms with van der Waals surface area (Å²) in [5, 5.41) is 24.1. The van der Waals surface area contributed by atoms with E-state index in [0.29, 0.717) is 17.0 Å². The third kappa shape index (κ3) is 7.29. The van der Waals surface area contributed by atoms with Crippen molar-refractivity contribution in [2.24, 2.45) is 5.92 Å². The fourth-order valence-electron chi connectivity index (χ4n) is 10.2. The van der Waals surface area contributed by atoms with Crippen LogP contribution in [0.5, 0.6) is 0 Å². The lowest BCUT2D eigenvalue weighted by molar-refractivity contribution is 0.735. The van der Waals surface area contributed by atoms with Crippen molar-refractivity contribution in [2.75, 3.05) is 9.80 Å². The highest BCUT2D eigenvalue weighted by molar-refractivity contribution is 6.12. The number of allylic oxidation sites excluding steroid dienone is 4. The average molecular weight is 885 g/mol. The molecule has 2 aromatic heterocycles. The number of benzene rings is 9. The molecule has 0 N–H and O–H groups in total. The number of hydrogen-bond acceptors (Lipinski definition) is 4. The Morgan fingerprint density at radius 1 is 0.420 bits per heavy atom. The predicted octanol–water partition coefficient (Wildman–Crippen LogP) is 16.7. The van der Waals surface area contributed by atoms with Crippen LogP contribution in [0.1, 0.15) is 24.5 Å². The lowest BCUT2D eigenvalue weighted by atomic mass is 10.0. The number of rotatable bonds is 9. The first-order chi connectivity index (χ1) is 34.0. The monoisotopic (exact) mass is 884 g/mol. The quantitative estimate of drug-likeness (QED) is 0.145. The van der Waals surface area contributed by atoms with Gasteiger partial charge in [-0.3, -0.25) is 0 Å². The van der Waals surface area contributed by atoms with E-state index in [2.05, 4.69) is 220 Å². The van der Waals surface area contributed by atoms with Gasteiger partial charge in [0.05, 0.1) is 45.3 Å². The summed E-state index contributed by atoms with van der Waals surface area (Å²) in [6.45, 7) is 2.27. The van der Waals surface area contributed by atoms with Gasteiger partial charge in [-0.25, -0.2) is 0 Å². The molecule has 1 unspecified atom stereocenters. The third-order valence-electron chi connectivity index (χ3n) is 13.4. The SMILES string of the molecule is CC1C=C(n2c3ccccc3c3cc(N(c4ccc(C#N)cc4)c4ccc(-c5ccc(N(c6ccc(C#N)cc6)c6ccc7c(c6)c6ccccc6n7-c6ccccc6)cc5)cc4)ccc32)C=CC1. The average Bonchev–Trinajstić information content (AvgIpc) is 3.92. The summed E-state index contributed by atoms with van der Waals surface area (Å²) in [5.41, 5.74) is 16.3. The molecule has 69 heavy (non-hydrogen) atoms. The van der Waals surface area contributed by atoms with Gasteiger partial charge in [0.1, 0.15) is 0 Å². The van der Waals surface area contributed by atoms with Crippen molar-refractivity contribution in [2.45, 2.75) is 13.3 Å². The summed E-state index contributed by atoms with van der Waals surface area (Å²) >= 11 is 0. The Bertz CT molecular complexity index is 3880. The second kappa shape index (κ2) is 17.1. The van der Waals surface area contributed by atoms with Crippen molar-refractivity contribution in [1.82, 2.24) is 9.13 Å². The number of anilines is 6. The second-order valence-electron chi connectivity index (χ2n) is 17.7. The Morgan fingerprint density at radius 3 is 1.30 bits per heavy atom. The summed E-state index contributed by atoms with van der Waals surface area (Å²) in [7, 11) is 0. The molecule has 0 spiro atoms. The first kappa shape index (κ1) is 41.1. The summed E-state index contributed by atoms with van der Waals surface area (Å²) in [5.74, 6) is 0.471. The first-order valence-corrected chi connectivity index (χ1v) is 23.3. The molecule has 6 heteroatoms. The molecule has 326 valence electrons. The normalized spacial score (nSPS) is 13.4. The number of nitriles is 2. The Balaban J connectivity index is 0.915. The molecular weight excluding hydrogens is 841 g/mol. The Labute approximate surface area is 401 Å². The number of aromatic nitrogens is 2. The van der Waals surface area contributed by atoms with Gasteiger partial charge in [0.15, 0.2) is 0 Å². The molecule has 0 amide bonds. The Hall–Kier alpha value is -9.36. The zero-order valence-corrected chi connectivity index (χ0v) is 37.9. The van der Waals surface area contributed by atoms with Crippen LogP contribution < -0.4 is 9.80 Å². The standard InChI is InChI=1S/C63H44N6/c1-43-10-9-13-53(38-43)69-61-17-8-6-15-57(61)59-40-55(35-37-63(59)69)67(50-28-20-45(42-65)21-29-50)52-32-24-47(25-33-52)46-22-30-51(31-23-46)66(49-26-18-44(41-64)19-27-49)54-34-36-62-58(39-54)56-14-5-7-16-60(56)68(62)48-11-3-2-4-12-48/h2-9,11-40,43H,10H2,1H3. The van der Waals surface area contributed by atoms with Crippen LogP contribution >= 0.6 is 0 Å². The minimum atomic E-state index is 0.471. The highest BCUT2D eigenvalue weighted by atomic mass is 15.1. The Morgan fingerprint density at radius 2 is 0.826 bits per heavy atom. The summed E-state index contributed by atoms with van der Waals surface area (Å²) in [4.78, 5) is 4.53. The molecule has 0 radical (unpaired) electrons. The molecule has 0 bridgehead atoms. The number of nitrogens with zero attached hydrogens (tertiary/aromatic N) is 6. The van der Waals surface area contributed by atoms with Gasteiger partial charge in [-0.15, -0.1) is 0 Å². The van der Waals surface area contributed by atoms with Crippen LogP contribution in [0, 0.1) is 28.6 Å². The minimum absolute atomic E-state index is 0.471. The topological polar surface area (TPSA) is 63.9 Å². The second-order valence-corrected chi connectivity index (χ2v) is 17.7. The molecule has 0 saturated heterocycles. The molecule has 0 fully saturated rings. The van der Waals surface area contributed by atoms with E-state index in [1.807, 2.05) is 48.5 Å². The van der Waals surface area contributed by atoms with Gasteiger partial charge in [0, 0.05) is 67.1 Å². The zero-order valence-electron chi connectivity index (χ0n) is 37.9. The van der Waals surface area contributed by atoms with Gasteiger partial charge in [0.25, 0.3) is 0 Å². The van der Waals surface area contributed by atoms with Gasteiger partial charge < -0.3 is 18.9 Å². The zero-order chi connectivity index (χ0) is 46.4. The summed E-state index contributed by atoms with van der Waals surface area (Å²) < 4.78 is 4.72. The largest absolute Gasteiger partial charge is 0.310 e. The predicted molar refractivity (Wildman–Crippen MR) is 285 cm³/mol. The van der Waals surface area contributed by atoms with E-state index in [9.17, 15) is 10.5 Å². The van der Waals surface area contributed by atoms with Crippen LogP contribution in [0.15, 0.2) is 231 Å². The van der Waals surface area contributed by atoms with Gasteiger partial charge in [0.2, 0.25) is 0 Å². The first-order valence-electron chi connectivity index (χ1n) is 23.3. The van der Waals surface area contributed by atoms with E-state index in [1.165, 1.54) is 27.4 Å². The van der Waals surface area contributed by atoms with Gasteiger partial charge in [-0.05, 0) is 163 Å². The Kier molecular flexibility index (Phi) is 10.2. The van der Waals surface area contributed by atoms with Crippen LogP contribution in [0.2, 0.25) is 0 Å². The molecule has 1 aliphatic rings. The minimum Gasteiger partial charge on any atom is -0.310 e. The van der Waals surface area contributed by atoms with E-state index in [4.69, 9.17) is 0 Å². The van der Waals surface area contributed by atoms with Crippen LogP contribution in [-0.4, -0.2) is 9.13 Å². The molecule has 1 aliphatic carbocycles. The fraction of sp³-hybridized carbons (Fsp3) is 0.0476. The molecule has 1 atom stereocenters. The van der Waals surface area contributed by atoms with Crippen LogP contribution in [-0.2, 0) is 0 Å². The van der Waals surface area contributed by atoms with Crippen LogP contribution in [0.25, 0.3) is 66.1 Å². The molecule has 2 heterocycles. The van der Waals surface area contributed by atoms with Gasteiger partial charge in [-0.2, -0.15) is 10.5 Å². The van der Waals surface area contributed by atoms with Crippen LogP contribution in [0.4, 0.5) is 34.1 Å².